The van der Waals surface area contributed by atoms with Crippen LogP contribution in [0.2, 0.25) is 0 Å². The van der Waals surface area contributed by atoms with Crippen LogP contribution in [0, 0.1) is 0 Å². The Hall–Kier alpha value is -0.760. The van der Waals surface area contributed by atoms with Crippen molar-refractivity contribution in [2.45, 2.75) is 31.6 Å². The van der Waals surface area contributed by atoms with Crippen LogP contribution < -0.4 is 11.3 Å². The lowest BCUT2D eigenvalue weighted by Gasteiger charge is -2.31. The molecular formula is C9H15N5OS. The maximum absolute atomic E-state index is 5.79. The van der Waals surface area contributed by atoms with Crippen molar-refractivity contribution in [2.75, 3.05) is 18.5 Å². The average molecular weight is 241 g/mol. The molecule has 2 bridgehead atoms. The third kappa shape index (κ3) is 1.91. The van der Waals surface area contributed by atoms with Crippen molar-refractivity contribution in [2.24, 2.45) is 5.84 Å². The zero-order valence-corrected chi connectivity index (χ0v) is 9.74. The number of hydrogen-bond donors (Lipinski definition) is 2. The number of ether oxygens (including phenoxy) is 1. The monoisotopic (exact) mass is 241 g/mol. The molecule has 0 amide bonds. The second-order valence-corrected chi connectivity index (χ2v) is 5.10. The number of hydrazine groups is 1. The number of nitrogens with one attached hydrogen (secondary N) is 1. The van der Waals surface area contributed by atoms with Gasteiger partial charge in [-0.15, -0.1) is 5.10 Å². The fraction of sp³-hybridized carbons (Fsp3) is 0.778. The van der Waals surface area contributed by atoms with Gasteiger partial charge in [-0.1, -0.05) is 4.49 Å². The molecule has 2 aliphatic rings. The first kappa shape index (κ1) is 10.4. The largest absolute Gasteiger partial charge is 0.372 e. The molecular weight excluding hydrogens is 226 g/mol. The first-order valence-corrected chi connectivity index (χ1v) is 6.28. The third-order valence-electron chi connectivity index (χ3n) is 3.18. The minimum absolute atomic E-state index is 0.416. The summed E-state index contributed by atoms with van der Waals surface area (Å²) < 4.78 is 9.69. The molecule has 0 radical (unpaired) electrons. The van der Waals surface area contributed by atoms with Gasteiger partial charge in [0.1, 0.15) is 10.7 Å². The summed E-state index contributed by atoms with van der Waals surface area (Å²) in [5.74, 6) is 5.40. The van der Waals surface area contributed by atoms with E-state index in [1.54, 1.807) is 0 Å². The van der Waals surface area contributed by atoms with Gasteiger partial charge in [-0.2, -0.15) is 0 Å². The first-order valence-electron chi connectivity index (χ1n) is 5.51. The van der Waals surface area contributed by atoms with Gasteiger partial charge in [0.2, 0.25) is 0 Å². The summed E-state index contributed by atoms with van der Waals surface area (Å²) in [6.07, 6.45) is 3.22. The first-order chi connectivity index (χ1) is 7.85. The predicted molar refractivity (Wildman–Crippen MR) is 60.9 cm³/mol. The molecule has 0 aliphatic carbocycles. The van der Waals surface area contributed by atoms with Crippen LogP contribution in [0.1, 0.15) is 18.5 Å². The van der Waals surface area contributed by atoms with E-state index in [-0.39, 0.29) is 0 Å². The maximum atomic E-state index is 5.79. The zero-order chi connectivity index (χ0) is 11.0. The molecule has 2 fully saturated rings. The Morgan fingerprint density at radius 1 is 1.44 bits per heavy atom. The van der Waals surface area contributed by atoms with Crippen LogP contribution in [-0.2, 0) is 11.3 Å². The molecule has 6 nitrogen and oxygen atoms in total. The average Bonchev–Trinajstić information content (AvgIpc) is 2.85. The Labute approximate surface area is 97.9 Å². The summed E-state index contributed by atoms with van der Waals surface area (Å²) in [5.41, 5.74) is 3.58. The van der Waals surface area contributed by atoms with Gasteiger partial charge in [0.25, 0.3) is 0 Å². The summed E-state index contributed by atoms with van der Waals surface area (Å²) in [6.45, 7) is 2.81. The Morgan fingerprint density at radius 2 is 2.19 bits per heavy atom. The van der Waals surface area contributed by atoms with E-state index < -0.39 is 0 Å². The molecule has 1 aromatic rings. The highest BCUT2D eigenvalue weighted by atomic mass is 32.1. The highest BCUT2D eigenvalue weighted by molar-refractivity contribution is 7.10. The van der Waals surface area contributed by atoms with Crippen LogP contribution in [-0.4, -0.2) is 39.8 Å². The second kappa shape index (κ2) is 4.25. The molecule has 3 rings (SSSR count). The number of anilines is 1. The molecule has 0 saturated carbocycles. The molecule has 1 aromatic heterocycles. The van der Waals surface area contributed by atoms with E-state index >= 15 is 0 Å². The van der Waals surface area contributed by atoms with E-state index in [0.717, 1.165) is 30.3 Å². The van der Waals surface area contributed by atoms with E-state index in [9.17, 15) is 0 Å². The Bertz CT molecular complexity index is 359. The molecule has 88 valence electrons. The molecule has 0 spiro atoms. The number of morpholine rings is 1. The van der Waals surface area contributed by atoms with Gasteiger partial charge in [-0.05, 0) is 12.8 Å². The van der Waals surface area contributed by atoms with Crippen molar-refractivity contribution < 1.29 is 4.74 Å². The van der Waals surface area contributed by atoms with Crippen molar-refractivity contribution in [3.05, 3.63) is 5.69 Å². The number of nitrogens with zero attached hydrogens (tertiary/aromatic N) is 3. The minimum atomic E-state index is 0.416. The number of nitrogens with two attached hydrogens (primary N) is 1. The van der Waals surface area contributed by atoms with Crippen LogP contribution in [0.5, 0.6) is 0 Å². The second-order valence-electron chi connectivity index (χ2n) is 4.34. The number of rotatable bonds is 3. The van der Waals surface area contributed by atoms with Crippen LogP contribution in [0.25, 0.3) is 0 Å². The molecule has 2 unspecified atom stereocenters. The number of likely N-dealkylation sites (tertiary alicyclic amines) is 1. The molecule has 2 saturated heterocycles. The smallest absolute Gasteiger partial charge is 0.148 e. The maximum Gasteiger partial charge on any atom is 0.148 e. The van der Waals surface area contributed by atoms with E-state index in [1.165, 1.54) is 24.4 Å². The standard InChI is InChI=1S/C9H15N5OS/c10-11-9-8(12-13-16-9)5-14-3-6-1-2-7(4-14)15-6/h6-7,11H,1-5,10H2. The van der Waals surface area contributed by atoms with E-state index in [2.05, 4.69) is 19.9 Å². The lowest BCUT2D eigenvalue weighted by molar-refractivity contribution is -0.0413. The molecule has 7 heteroatoms. The van der Waals surface area contributed by atoms with E-state index in [4.69, 9.17) is 10.6 Å². The van der Waals surface area contributed by atoms with Crippen molar-refractivity contribution in [3.63, 3.8) is 0 Å². The van der Waals surface area contributed by atoms with Gasteiger partial charge in [0, 0.05) is 31.2 Å². The topological polar surface area (TPSA) is 76.3 Å². The predicted octanol–water partition coefficient (Wildman–Crippen LogP) is 0.187. The zero-order valence-electron chi connectivity index (χ0n) is 8.93. The highest BCUT2D eigenvalue weighted by Crippen LogP contribution is 2.28. The normalized spacial score (nSPS) is 29.6. The molecule has 0 aromatic carbocycles. The lowest BCUT2D eigenvalue weighted by Crippen LogP contribution is -2.42. The number of aromatic nitrogens is 2. The minimum Gasteiger partial charge on any atom is -0.372 e. The summed E-state index contributed by atoms with van der Waals surface area (Å²) in [5, 5.41) is 4.96. The highest BCUT2D eigenvalue weighted by Gasteiger charge is 2.34. The SMILES string of the molecule is NNc1snnc1CN1CC2CCC(C1)O2. The van der Waals surface area contributed by atoms with Gasteiger partial charge >= 0.3 is 0 Å². The van der Waals surface area contributed by atoms with E-state index in [0.29, 0.717) is 12.2 Å². The van der Waals surface area contributed by atoms with Crippen molar-refractivity contribution >= 4 is 16.5 Å². The van der Waals surface area contributed by atoms with Crippen LogP contribution in [0.4, 0.5) is 5.00 Å². The van der Waals surface area contributed by atoms with Crippen molar-refractivity contribution in [1.29, 1.82) is 0 Å². The lowest BCUT2D eigenvalue weighted by atomic mass is 10.2. The fourth-order valence-corrected chi connectivity index (χ4v) is 2.95. The van der Waals surface area contributed by atoms with E-state index in [1.807, 2.05) is 0 Å². The van der Waals surface area contributed by atoms with Gasteiger partial charge in [0.05, 0.1) is 12.2 Å². The van der Waals surface area contributed by atoms with Gasteiger partial charge < -0.3 is 10.2 Å². The number of hydrogen-bond acceptors (Lipinski definition) is 7. The number of fused-ring (bicyclic) bond motifs is 2. The summed E-state index contributed by atoms with van der Waals surface area (Å²) in [6, 6.07) is 0. The Morgan fingerprint density at radius 3 is 2.88 bits per heavy atom. The molecule has 3 heterocycles. The fourth-order valence-electron chi connectivity index (χ4n) is 2.46. The summed E-state index contributed by atoms with van der Waals surface area (Å²) in [4.78, 5) is 2.38. The van der Waals surface area contributed by atoms with Gasteiger partial charge in [0.15, 0.2) is 0 Å². The van der Waals surface area contributed by atoms with Crippen LogP contribution in [0.3, 0.4) is 0 Å². The van der Waals surface area contributed by atoms with Crippen LogP contribution in [0.15, 0.2) is 0 Å². The van der Waals surface area contributed by atoms with Crippen LogP contribution >= 0.6 is 11.5 Å². The van der Waals surface area contributed by atoms with Crippen molar-refractivity contribution in [3.8, 4) is 0 Å². The summed E-state index contributed by atoms with van der Waals surface area (Å²) >= 11 is 1.30. The van der Waals surface area contributed by atoms with Gasteiger partial charge in [-0.3, -0.25) is 4.90 Å². The molecule has 2 aliphatic heterocycles. The third-order valence-corrected chi connectivity index (χ3v) is 3.88. The molecule has 2 atom stereocenters. The molecule has 3 N–H and O–H groups in total. The quantitative estimate of drug-likeness (QED) is 0.581. The Kier molecular flexibility index (Phi) is 2.76. The Balaban J connectivity index is 1.66. The van der Waals surface area contributed by atoms with Gasteiger partial charge in [-0.25, -0.2) is 5.84 Å². The number of nitrogen functional groups attached to an aromatic ring is 1. The molecule has 16 heavy (non-hydrogen) atoms. The van der Waals surface area contributed by atoms with Crippen molar-refractivity contribution in [1.82, 2.24) is 14.5 Å². The summed E-state index contributed by atoms with van der Waals surface area (Å²) in [7, 11) is 0.